The number of aromatic nitrogens is 1. The number of anilines is 1. The van der Waals surface area contributed by atoms with Gasteiger partial charge in [-0.05, 0) is 24.3 Å². The van der Waals surface area contributed by atoms with Crippen molar-refractivity contribution < 1.29 is 14.3 Å². The quantitative estimate of drug-likeness (QED) is 0.833. The molecule has 0 bridgehead atoms. The molecule has 1 aromatic carbocycles. The van der Waals surface area contributed by atoms with Crippen molar-refractivity contribution in [3.63, 3.8) is 0 Å². The molecule has 3 N–H and O–H groups in total. The molecule has 0 fully saturated rings. The highest BCUT2D eigenvalue weighted by Gasteiger charge is 2.14. The molecular formula is C12H9FN2O2S. The van der Waals surface area contributed by atoms with Crippen LogP contribution in [0.3, 0.4) is 0 Å². The standard InChI is InChI=1S/C12H9FN2O2S/c13-9-6-10(14)8(12(16)17)5-11(9)18-7-1-3-15-4-2-7/h1-6H,14H2,(H,16,17). The highest BCUT2D eigenvalue weighted by Crippen LogP contribution is 2.32. The number of carboxylic acid groups (broad SMARTS) is 1. The molecule has 1 heterocycles. The van der Waals surface area contributed by atoms with Crippen molar-refractivity contribution in [3.8, 4) is 0 Å². The smallest absolute Gasteiger partial charge is 0.337 e. The Balaban J connectivity index is 2.39. The van der Waals surface area contributed by atoms with Crippen molar-refractivity contribution in [1.29, 1.82) is 0 Å². The third-order valence-electron chi connectivity index (χ3n) is 2.21. The molecule has 2 aromatic rings. The van der Waals surface area contributed by atoms with Crippen LogP contribution in [-0.4, -0.2) is 16.1 Å². The normalized spacial score (nSPS) is 10.3. The van der Waals surface area contributed by atoms with E-state index in [1.807, 2.05) is 0 Å². The molecule has 18 heavy (non-hydrogen) atoms. The minimum Gasteiger partial charge on any atom is -0.478 e. The average Bonchev–Trinajstić information content (AvgIpc) is 2.33. The first-order valence-electron chi connectivity index (χ1n) is 4.98. The molecule has 6 heteroatoms. The number of hydrogen-bond donors (Lipinski definition) is 2. The number of nitrogens with two attached hydrogens (primary N) is 1. The Morgan fingerprint density at radius 1 is 1.33 bits per heavy atom. The van der Waals surface area contributed by atoms with E-state index in [0.717, 1.165) is 22.7 Å². The van der Waals surface area contributed by atoms with Gasteiger partial charge in [0.15, 0.2) is 0 Å². The third kappa shape index (κ3) is 2.60. The van der Waals surface area contributed by atoms with Crippen molar-refractivity contribution in [1.82, 2.24) is 4.98 Å². The number of halogens is 1. The van der Waals surface area contributed by atoms with E-state index in [1.54, 1.807) is 24.5 Å². The Bertz CT molecular complexity index is 590. The molecule has 1 aromatic heterocycles. The molecule has 0 saturated heterocycles. The molecule has 0 unspecified atom stereocenters. The Morgan fingerprint density at radius 3 is 2.61 bits per heavy atom. The van der Waals surface area contributed by atoms with Crippen LogP contribution >= 0.6 is 11.8 Å². The number of nitrogens with zero attached hydrogens (tertiary/aromatic N) is 1. The van der Waals surface area contributed by atoms with Gasteiger partial charge in [0.1, 0.15) is 5.82 Å². The first-order chi connectivity index (χ1) is 8.58. The van der Waals surface area contributed by atoms with Crippen molar-refractivity contribution in [2.45, 2.75) is 9.79 Å². The number of nitrogen functional groups attached to an aromatic ring is 1. The molecule has 4 nitrogen and oxygen atoms in total. The van der Waals surface area contributed by atoms with Gasteiger partial charge in [-0.2, -0.15) is 0 Å². The van der Waals surface area contributed by atoms with E-state index in [2.05, 4.69) is 4.98 Å². The van der Waals surface area contributed by atoms with Crippen LogP contribution < -0.4 is 5.73 Å². The summed E-state index contributed by atoms with van der Waals surface area (Å²) in [5.74, 6) is -1.72. The summed E-state index contributed by atoms with van der Waals surface area (Å²) in [6.07, 6.45) is 3.16. The van der Waals surface area contributed by atoms with Crippen LogP contribution in [0.15, 0.2) is 46.5 Å². The maximum atomic E-state index is 13.7. The summed E-state index contributed by atoms with van der Waals surface area (Å²) in [4.78, 5) is 15.7. The minimum atomic E-state index is -1.18. The van der Waals surface area contributed by atoms with E-state index in [0.29, 0.717) is 0 Å². The van der Waals surface area contributed by atoms with Crippen molar-refractivity contribution >= 4 is 23.4 Å². The SMILES string of the molecule is Nc1cc(F)c(Sc2ccncc2)cc1C(=O)O. The highest BCUT2D eigenvalue weighted by molar-refractivity contribution is 7.99. The van der Waals surface area contributed by atoms with Crippen molar-refractivity contribution in [3.05, 3.63) is 48.0 Å². The zero-order chi connectivity index (χ0) is 13.1. The summed E-state index contributed by atoms with van der Waals surface area (Å²) in [6.45, 7) is 0. The molecule has 0 spiro atoms. The Kier molecular flexibility index (Phi) is 3.47. The van der Waals surface area contributed by atoms with Crippen molar-refractivity contribution in [2.75, 3.05) is 5.73 Å². The lowest BCUT2D eigenvalue weighted by Gasteiger charge is -2.07. The number of rotatable bonds is 3. The third-order valence-corrected chi connectivity index (χ3v) is 3.25. The van der Waals surface area contributed by atoms with Crippen molar-refractivity contribution in [2.24, 2.45) is 0 Å². The molecule has 0 aliphatic heterocycles. The fraction of sp³-hybridized carbons (Fsp3) is 0. The monoisotopic (exact) mass is 264 g/mol. The van der Waals surface area contributed by atoms with Crippen LogP contribution in [0.25, 0.3) is 0 Å². The summed E-state index contributed by atoms with van der Waals surface area (Å²) in [6, 6.07) is 5.67. The molecule has 0 aliphatic carbocycles. The van der Waals surface area contributed by atoms with Crippen LogP contribution in [0.4, 0.5) is 10.1 Å². The Labute approximate surface area is 107 Å². The molecular weight excluding hydrogens is 255 g/mol. The van der Waals surface area contributed by atoms with Gasteiger partial charge < -0.3 is 10.8 Å². The van der Waals surface area contributed by atoms with Gasteiger partial charge in [0.25, 0.3) is 0 Å². The fourth-order valence-electron chi connectivity index (χ4n) is 1.37. The number of hydrogen-bond acceptors (Lipinski definition) is 4. The molecule has 0 atom stereocenters. The zero-order valence-electron chi connectivity index (χ0n) is 9.13. The minimum absolute atomic E-state index is 0.0842. The number of carbonyl (C=O) groups is 1. The van der Waals surface area contributed by atoms with Gasteiger partial charge >= 0.3 is 5.97 Å². The molecule has 0 aliphatic rings. The van der Waals surface area contributed by atoms with E-state index in [4.69, 9.17) is 10.8 Å². The lowest BCUT2D eigenvalue weighted by Crippen LogP contribution is -2.03. The van der Waals surface area contributed by atoms with Gasteiger partial charge in [0, 0.05) is 27.9 Å². The lowest BCUT2D eigenvalue weighted by atomic mass is 10.2. The molecule has 2 rings (SSSR count). The predicted octanol–water partition coefficient (Wildman–Crippen LogP) is 2.65. The second-order valence-corrected chi connectivity index (χ2v) is 4.58. The van der Waals surface area contributed by atoms with Crippen LogP contribution in [0.1, 0.15) is 10.4 Å². The molecule has 92 valence electrons. The van der Waals surface area contributed by atoms with Crippen LogP contribution in [0, 0.1) is 5.82 Å². The molecule has 0 saturated carbocycles. The van der Waals surface area contributed by atoms with E-state index in [-0.39, 0.29) is 16.1 Å². The van der Waals surface area contributed by atoms with E-state index >= 15 is 0 Å². The van der Waals surface area contributed by atoms with E-state index in [1.165, 1.54) is 6.07 Å². The van der Waals surface area contributed by atoms with Gasteiger partial charge in [-0.3, -0.25) is 4.98 Å². The summed E-state index contributed by atoms with van der Waals surface area (Å²) in [7, 11) is 0. The number of pyridine rings is 1. The van der Waals surface area contributed by atoms with E-state index in [9.17, 15) is 9.18 Å². The average molecular weight is 264 g/mol. The van der Waals surface area contributed by atoms with Crippen LogP contribution in [-0.2, 0) is 0 Å². The van der Waals surface area contributed by atoms with Gasteiger partial charge in [-0.1, -0.05) is 11.8 Å². The Morgan fingerprint density at radius 2 is 2.00 bits per heavy atom. The Hall–Kier alpha value is -2.08. The molecule has 0 radical (unpaired) electrons. The summed E-state index contributed by atoms with van der Waals surface area (Å²) in [5.41, 5.74) is 5.26. The first kappa shape index (κ1) is 12.4. The number of carboxylic acids is 1. The second kappa shape index (κ2) is 5.05. The first-order valence-corrected chi connectivity index (χ1v) is 5.80. The summed E-state index contributed by atoms with van der Waals surface area (Å²) in [5, 5.41) is 8.93. The van der Waals surface area contributed by atoms with E-state index < -0.39 is 11.8 Å². The zero-order valence-corrected chi connectivity index (χ0v) is 9.95. The van der Waals surface area contributed by atoms with Gasteiger partial charge in [0.2, 0.25) is 0 Å². The van der Waals surface area contributed by atoms with Gasteiger partial charge in [0.05, 0.1) is 5.56 Å². The van der Waals surface area contributed by atoms with Crippen LogP contribution in [0.5, 0.6) is 0 Å². The largest absolute Gasteiger partial charge is 0.478 e. The fourth-order valence-corrected chi connectivity index (χ4v) is 2.21. The number of benzene rings is 1. The highest BCUT2D eigenvalue weighted by atomic mass is 32.2. The topological polar surface area (TPSA) is 76.2 Å². The predicted molar refractivity (Wildman–Crippen MR) is 66.1 cm³/mol. The van der Waals surface area contributed by atoms with Gasteiger partial charge in [-0.25, -0.2) is 9.18 Å². The lowest BCUT2D eigenvalue weighted by molar-refractivity contribution is 0.0697. The second-order valence-electron chi connectivity index (χ2n) is 3.46. The summed E-state index contributed by atoms with van der Waals surface area (Å²) >= 11 is 1.12. The van der Waals surface area contributed by atoms with Gasteiger partial charge in [-0.15, -0.1) is 0 Å². The maximum Gasteiger partial charge on any atom is 0.337 e. The number of aromatic carboxylic acids is 1. The molecule has 0 amide bonds. The van der Waals surface area contributed by atoms with Crippen LogP contribution in [0.2, 0.25) is 0 Å². The summed E-state index contributed by atoms with van der Waals surface area (Å²) < 4.78 is 13.7. The maximum absolute atomic E-state index is 13.7.